The van der Waals surface area contributed by atoms with E-state index in [2.05, 4.69) is 27.5 Å². The number of morpholine rings is 1. The molecule has 130 valence electrons. The predicted octanol–water partition coefficient (Wildman–Crippen LogP) is 1.52. The molecule has 8 heteroatoms. The molecule has 0 saturated carbocycles. The summed E-state index contributed by atoms with van der Waals surface area (Å²) >= 11 is 0. The second-order valence-corrected chi connectivity index (χ2v) is 5.89. The molecule has 1 saturated heterocycles. The van der Waals surface area contributed by atoms with Crippen LogP contribution in [0.1, 0.15) is 12.5 Å². The van der Waals surface area contributed by atoms with Gasteiger partial charge in [-0.15, -0.1) is 0 Å². The second kappa shape index (κ2) is 7.60. The lowest BCUT2D eigenvalue weighted by Gasteiger charge is -2.33. The van der Waals surface area contributed by atoms with Crippen LogP contribution in [0.3, 0.4) is 0 Å². The van der Waals surface area contributed by atoms with Gasteiger partial charge in [-0.05, 0) is 19.1 Å². The number of nitriles is 2. The van der Waals surface area contributed by atoms with Crippen LogP contribution < -0.4 is 5.32 Å². The van der Waals surface area contributed by atoms with E-state index in [-0.39, 0.29) is 18.5 Å². The second-order valence-electron chi connectivity index (χ2n) is 5.89. The number of rotatable bonds is 3. The van der Waals surface area contributed by atoms with E-state index in [9.17, 15) is 4.79 Å². The first-order valence-corrected chi connectivity index (χ1v) is 8.02. The number of carbonyl (C=O) groups excluding carboxylic acids is 1. The van der Waals surface area contributed by atoms with Crippen LogP contribution in [0.25, 0.3) is 11.3 Å². The molecule has 0 bridgehead atoms. The SMILES string of the molecule is CC1COC(C(=O)Nc2cc(-c3cccc(C#N)c3)ncn2)CN1C#N. The normalized spacial score (nSPS) is 19.3. The van der Waals surface area contributed by atoms with Gasteiger partial charge in [0.05, 0.1) is 36.5 Å². The number of benzene rings is 1. The Morgan fingerprint density at radius 1 is 1.35 bits per heavy atom. The van der Waals surface area contributed by atoms with Crippen LogP contribution in [0.5, 0.6) is 0 Å². The molecule has 8 nitrogen and oxygen atoms in total. The molecule has 1 aliphatic heterocycles. The largest absolute Gasteiger partial charge is 0.364 e. The number of hydrogen-bond acceptors (Lipinski definition) is 7. The zero-order valence-corrected chi connectivity index (χ0v) is 14.1. The van der Waals surface area contributed by atoms with Crippen molar-refractivity contribution in [2.75, 3.05) is 18.5 Å². The summed E-state index contributed by atoms with van der Waals surface area (Å²) < 4.78 is 5.52. The first kappa shape index (κ1) is 17.3. The van der Waals surface area contributed by atoms with Crippen LogP contribution in [0.2, 0.25) is 0 Å². The van der Waals surface area contributed by atoms with E-state index in [0.717, 1.165) is 5.56 Å². The van der Waals surface area contributed by atoms with E-state index in [1.54, 1.807) is 24.3 Å². The van der Waals surface area contributed by atoms with Gasteiger partial charge in [-0.1, -0.05) is 12.1 Å². The van der Waals surface area contributed by atoms with Crippen molar-refractivity contribution in [1.82, 2.24) is 14.9 Å². The molecule has 1 fully saturated rings. The lowest BCUT2D eigenvalue weighted by molar-refractivity contribution is -0.133. The molecule has 2 heterocycles. The van der Waals surface area contributed by atoms with E-state index >= 15 is 0 Å². The van der Waals surface area contributed by atoms with Crippen molar-refractivity contribution >= 4 is 11.7 Å². The number of hydrogen-bond donors (Lipinski definition) is 1. The highest BCUT2D eigenvalue weighted by atomic mass is 16.5. The molecule has 3 rings (SSSR count). The van der Waals surface area contributed by atoms with Gasteiger partial charge in [0.1, 0.15) is 12.1 Å². The number of ether oxygens (including phenoxy) is 1. The van der Waals surface area contributed by atoms with E-state index < -0.39 is 6.10 Å². The highest BCUT2D eigenvalue weighted by Crippen LogP contribution is 2.20. The summed E-state index contributed by atoms with van der Waals surface area (Å²) in [4.78, 5) is 22.2. The van der Waals surface area contributed by atoms with Gasteiger partial charge in [-0.2, -0.15) is 10.5 Å². The van der Waals surface area contributed by atoms with Gasteiger partial charge in [-0.25, -0.2) is 9.97 Å². The summed E-state index contributed by atoms with van der Waals surface area (Å²) in [6.07, 6.45) is 2.66. The van der Waals surface area contributed by atoms with E-state index in [0.29, 0.717) is 23.7 Å². The molecular weight excluding hydrogens is 332 g/mol. The third kappa shape index (κ3) is 3.77. The Bertz CT molecular complexity index is 901. The van der Waals surface area contributed by atoms with Crippen LogP contribution in [-0.4, -0.2) is 46.1 Å². The minimum Gasteiger partial charge on any atom is -0.364 e. The summed E-state index contributed by atoms with van der Waals surface area (Å²) in [5.41, 5.74) is 1.86. The maximum absolute atomic E-state index is 12.4. The van der Waals surface area contributed by atoms with Crippen molar-refractivity contribution in [2.45, 2.75) is 19.1 Å². The van der Waals surface area contributed by atoms with Gasteiger partial charge >= 0.3 is 0 Å². The van der Waals surface area contributed by atoms with Gasteiger partial charge in [-0.3, -0.25) is 4.79 Å². The molecule has 0 radical (unpaired) electrons. The number of amides is 1. The number of nitrogens with one attached hydrogen (secondary N) is 1. The molecular formula is C18H16N6O2. The number of anilines is 1. The first-order chi connectivity index (χ1) is 12.6. The fourth-order valence-corrected chi connectivity index (χ4v) is 2.59. The van der Waals surface area contributed by atoms with Crippen molar-refractivity contribution in [1.29, 1.82) is 10.5 Å². The van der Waals surface area contributed by atoms with Crippen molar-refractivity contribution in [3.63, 3.8) is 0 Å². The van der Waals surface area contributed by atoms with Gasteiger partial charge in [0.15, 0.2) is 12.3 Å². The average Bonchev–Trinajstić information content (AvgIpc) is 2.68. The lowest BCUT2D eigenvalue weighted by Crippen LogP contribution is -2.50. The zero-order chi connectivity index (χ0) is 18.5. The monoisotopic (exact) mass is 348 g/mol. The fraction of sp³-hybridized carbons (Fsp3) is 0.278. The number of nitrogens with zero attached hydrogens (tertiary/aromatic N) is 5. The van der Waals surface area contributed by atoms with Gasteiger partial charge in [0.25, 0.3) is 5.91 Å². The van der Waals surface area contributed by atoms with Crippen molar-refractivity contribution in [3.8, 4) is 23.5 Å². The first-order valence-electron chi connectivity index (χ1n) is 8.02. The molecule has 2 atom stereocenters. The Balaban J connectivity index is 1.74. The molecule has 26 heavy (non-hydrogen) atoms. The lowest BCUT2D eigenvalue weighted by atomic mass is 10.1. The summed E-state index contributed by atoms with van der Waals surface area (Å²) in [7, 11) is 0. The maximum atomic E-state index is 12.4. The van der Waals surface area contributed by atoms with Gasteiger partial charge < -0.3 is 15.0 Å². The molecule has 1 aliphatic rings. The van der Waals surface area contributed by atoms with Crippen LogP contribution in [0.15, 0.2) is 36.7 Å². The van der Waals surface area contributed by atoms with Gasteiger partial charge in [0.2, 0.25) is 0 Å². The highest BCUT2D eigenvalue weighted by molar-refractivity contribution is 5.94. The zero-order valence-electron chi connectivity index (χ0n) is 14.1. The van der Waals surface area contributed by atoms with Crippen LogP contribution >= 0.6 is 0 Å². The maximum Gasteiger partial charge on any atom is 0.256 e. The Labute approximate surface area is 150 Å². The smallest absolute Gasteiger partial charge is 0.256 e. The standard InChI is InChI=1S/C18H16N6O2/c1-12-9-26-16(8-24(12)10-20)18(25)23-17-6-15(21-11-22-17)14-4-2-3-13(5-14)7-19/h2-6,11-12,16H,8-9H2,1H3,(H,21,22,23,25). The quantitative estimate of drug-likeness (QED) is 0.836. The number of carbonyl (C=O) groups is 1. The minimum atomic E-state index is -0.744. The van der Waals surface area contributed by atoms with Crippen LogP contribution in [0.4, 0.5) is 5.82 Å². The summed E-state index contributed by atoms with van der Waals surface area (Å²) in [5, 5.41) is 20.8. The molecule has 1 aromatic heterocycles. The molecule has 0 aliphatic carbocycles. The van der Waals surface area contributed by atoms with E-state index in [1.807, 2.05) is 13.0 Å². The van der Waals surface area contributed by atoms with Gasteiger partial charge in [0, 0.05) is 11.6 Å². The fourth-order valence-electron chi connectivity index (χ4n) is 2.59. The Morgan fingerprint density at radius 2 is 2.19 bits per heavy atom. The van der Waals surface area contributed by atoms with Crippen molar-refractivity contribution in [2.24, 2.45) is 0 Å². The topological polar surface area (TPSA) is 115 Å². The van der Waals surface area contributed by atoms with Crippen LogP contribution in [0, 0.1) is 22.8 Å². The molecule has 1 aromatic carbocycles. The minimum absolute atomic E-state index is 0.0536. The average molecular weight is 348 g/mol. The third-order valence-electron chi connectivity index (χ3n) is 4.06. The molecule has 1 amide bonds. The molecule has 1 N–H and O–H groups in total. The molecule has 0 spiro atoms. The van der Waals surface area contributed by atoms with Crippen molar-refractivity contribution in [3.05, 3.63) is 42.2 Å². The summed E-state index contributed by atoms with van der Waals surface area (Å²) in [6.45, 7) is 2.37. The van der Waals surface area contributed by atoms with Crippen LogP contribution in [-0.2, 0) is 9.53 Å². The highest BCUT2D eigenvalue weighted by Gasteiger charge is 2.30. The third-order valence-corrected chi connectivity index (χ3v) is 4.06. The Hall–Kier alpha value is -3.49. The number of aromatic nitrogens is 2. The Kier molecular flexibility index (Phi) is 5.07. The van der Waals surface area contributed by atoms with Crippen molar-refractivity contribution < 1.29 is 9.53 Å². The Morgan fingerprint density at radius 3 is 2.96 bits per heavy atom. The van der Waals surface area contributed by atoms with E-state index in [4.69, 9.17) is 15.3 Å². The molecule has 2 aromatic rings. The predicted molar refractivity (Wildman–Crippen MR) is 92.3 cm³/mol. The summed E-state index contributed by atoms with van der Waals surface area (Å²) in [6, 6.07) is 10.7. The molecule has 2 unspecified atom stereocenters. The summed E-state index contributed by atoms with van der Waals surface area (Å²) in [5.74, 6) is -0.0411. The van der Waals surface area contributed by atoms with E-state index in [1.165, 1.54) is 11.2 Å².